The van der Waals surface area contributed by atoms with Crippen LogP contribution < -0.4 is 5.43 Å². The first-order valence-corrected chi connectivity index (χ1v) is 4.98. The lowest BCUT2D eigenvalue weighted by Gasteiger charge is -1.98. The molecule has 4 heteroatoms. The van der Waals surface area contributed by atoms with Gasteiger partial charge >= 0.3 is 0 Å². The maximum Gasteiger partial charge on any atom is 0.125 e. The van der Waals surface area contributed by atoms with Gasteiger partial charge in [0.2, 0.25) is 0 Å². The number of benzene rings is 1. The number of nitrogens with one attached hydrogen (secondary N) is 1. The van der Waals surface area contributed by atoms with E-state index < -0.39 is 0 Å². The van der Waals surface area contributed by atoms with Gasteiger partial charge in [0.25, 0.3) is 0 Å². The first kappa shape index (κ1) is 10.3. The molecule has 0 fully saturated rings. The lowest BCUT2D eigenvalue weighted by atomic mass is 10.3. The Morgan fingerprint density at radius 1 is 1.19 bits per heavy atom. The molecule has 0 spiro atoms. The number of nitrogens with zero attached hydrogens (tertiary/aromatic N) is 3. The zero-order chi connectivity index (χ0) is 11.2. The zero-order valence-electron chi connectivity index (χ0n) is 8.96. The molecule has 1 heterocycles. The van der Waals surface area contributed by atoms with Crippen LogP contribution in [0, 0.1) is 6.92 Å². The van der Waals surface area contributed by atoms with Crippen molar-refractivity contribution >= 4 is 11.9 Å². The molecule has 1 aromatic heterocycles. The van der Waals surface area contributed by atoms with Gasteiger partial charge in [-0.2, -0.15) is 5.10 Å². The fourth-order valence-electron chi connectivity index (χ4n) is 1.23. The molecule has 0 saturated carbocycles. The Morgan fingerprint density at radius 3 is 2.75 bits per heavy atom. The van der Waals surface area contributed by atoms with Crippen LogP contribution in [0.1, 0.15) is 11.5 Å². The SMILES string of the molecule is Cc1nccc(C=NNc2ccccc2)n1. The molecule has 4 nitrogen and oxygen atoms in total. The minimum Gasteiger partial charge on any atom is -0.278 e. The highest BCUT2D eigenvalue weighted by atomic mass is 15.3. The highest BCUT2D eigenvalue weighted by molar-refractivity contribution is 5.77. The van der Waals surface area contributed by atoms with Crippen molar-refractivity contribution in [3.05, 3.63) is 54.1 Å². The van der Waals surface area contributed by atoms with Crippen molar-refractivity contribution < 1.29 is 0 Å². The van der Waals surface area contributed by atoms with E-state index in [1.807, 2.05) is 43.3 Å². The number of anilines is 1. The summed E-state index contributed by atoms with van der Waals surface area (Å²) < 4.78 is 0. The average molecular weight is 212 g/mol. The molecular weight excluding hydrogens is 200 g/mol. The van der Waals surface area contributed by atoms with Crippen molar-refractivity contribution in [3.63, 3.8) is 0 Å². The fourth-order valence-corrected chi connectivity index (χ4v) is 1.23. The van der Waals surface area contributed by atoms with E-state index in [9.17, 15) is 0 Å². The normalized spacial score (nSPS) is 10.6. The summed E-state index contributed by atoms with van der Waals surface area (Å²) in [4.78, 5) is 8.22. The molecule has 80 valence electrons. The third-order valence-electron chi connectivity index (χ3n) is 1.96. The van der Waals surface area contributed by atoms with Crippen molar-refractivity contribution in [1.82, 2.24) is 9.97 Å². The molecule has 0 radical (unpaired) electrons. The molecular formula is C12H12N4. The smallest absolute Gasteiger partial charge is 0.125 e. The van der Waals surface area contributed by atoms with E-state index in [4.69, 9.17) is 0 Å². The summed E-state index contributed by atoms with van der Waals surface area (Å²) in [6.07, 6.45) is 3.38. The topological polar surface area (TPSA) is 50.2 Å². The van der Waals surface area contributed by atoms with Crippen LogP contribution in [0.25, 0.3) is 0 Å². The Balaban J connectivity index is 2.00. The van der Waals surface area contributed by atoms with Crippen molar-refractivity contribution in [1.29, 1.82) is 0 Å². The number of rotatable bonds is 3. The first-order chi connectivity index (χ1) is 7.84. The van der Waals surface area contributed by atoms with E-state index in [2.05, 4.69) is 20.5 Å². The molecule has 0 unspecified atom stereocenters. The second-order valence-corrected chi connectivity index (χ2v) is 3.26. The maximum atomic E-state index is 4.20. The molecule has 16 heavy (non-hydrogen) atoms. The van der Waals surface area contributed by atoms with Gasteiger partial charge in [0.1, 0.15) is 5.82 Å². The van der Waals surface area contributed by atoms with Gasteiger partial charge in [-0.05, 0) is 25.1 Å². The van der Waals surface area contributed by atoms with Crippen molar-refractivity contribution in [2.45, 2.75) is 6.92 Å². The highest BCUT2D eigenvalue weighted by Gasteiger charge is 1.90. The Morgan fingerprint density at radius 2 is 2.00 bits per heavy atom. The Kier molecular flexibility index (Phi) is 3.23. The molecule has 1 aromatic carbocycles. The number of hydrogen-bond donors (Lipinski definition) is 1. The van der Waals surface area contributed by atoms with Gasteiger partial charge in [0.15, 0.2) is 0 Å². The van der Waals surface area contributed by atoms with Gasteiger partial charge in [-0.15, -0.1) is 0 Å². The van der Waals surface area contributed by atoms with Crippen molar-refractivity contribution in [2.24, 2.45) is 5.10 Å². The van der Waals surface area contributed by atoms with Gasteiger partial charge in [-0.3, -0.25) is 5.43 Å². The third-order valence-corrected chi connectivity index (χ3v) is 1.96. The zero-order valence-corrected chi connectivity index (χ0v) is 8.96. The standard InChI is InChI=1S/C12H12N4/c1-10-13-8-7-12(15-10)9-14-16-11-5-3-2-4-6-11/h2-9,16H,1H3. The quantitative estimate of drug-likeness (QED) is 0.627. The monoisotopic (exact) mass is 212 g/mol. The van der Waals surface area contributed by atoms with E-state index >= 15 is 0 Å². The number of para-hydroxylation sites is 1. The summed E-state index contributed by atoms with van der Waals surface area (Å²) in [6, 6.07) is 11.6. The molecule has 2 aromatic rings. The summed E-state index contributed by atoms with van der Waals surface area (Å²) in [5.41, 5.74) is 4.66. The largest absolute Gasteiger partial charge is 0.278 e. The number of aromatic nitrogens is 2. The third kappa shape index (κ3) is 2.88. The van der Waals surface area contributed by atoms with Crippen LogP contribution in [0.4, 0.5) is 5.69 Å². The van der Waals surface area contributed by atoms with Crippen molar-refractivity contribution in [3.8, 4) is 0 Å². The minimum absolute atomic E-state index is 0.740. The molecule has 0 amide bonds. The number of hydrogen-bond acceptors (Lipinski definition) is 4. The second kappa shape index (κ2) is 5.02. The van der Waals surface area contributed by atoms with E-state index in [-0.39, 0.29) is 0 Å². The molecule has 0 saturated heterocycles. The summed E-state index contributed by atoms with van der Waals surface area (Å²) in [5, 5.41) is 4.09. The Bertz CT molecular complexity index is 479. The van der Waals surface area contributed by atoms with E-state index in [1.165, 1.54) is 0 Å². The van der Waals surface area contributed by atoms with Crippen LogP contribution in [0.5, 0.6) is 0 Å². The maximum absolute atomic E-state index is 4.20. The summed E-state index contributed by atoms with van der Waals surface area (Å²) in [7, 11) is 0. The summed E-state index contributed by atoms with van der Waals surface area (Å²) >= 11 is 0. The summed E-state index contributed by atoms with van der Waals surface area (Å²) in [6.45, 7) is 1.85. The van der Waals surface area contributed by atoms with Gasteiger partial charge in [0.05, 0.1) is 17.6 Å². The lowest BCUT2D eigenvalue weighted by Crippen LogP contribution is -1.95. The summed E-state index contributed by atoms with van der Waals surface area (Å²) in [5.74, 6) is 0.740. The van der Waals surface area contributed by atoms with Crippen LogP contribution in [0.15, 0.2) is 47.7 Å². The minimum atomic E-state index is 0.740. The van der Waals surface area contributed by atoms with Crippen LogP contribution in [-0.2, 0) is 0 Å². The average Bonchev–Trinajstić information content (AvgIpc) is 2.30. The molecule has 0 aliphatic heterocycles. The number of hydrazone groups is 1. The van der Waals surface area contributed by atoms with Gasteiger partial charge in [-0.1, -0.05) is 18.2 Å². The molecule has 1 N–H and O–H groups in total. The van der Waals surface area contributed by atoms with Crippen molar-refractivity contribution in [2.75, 3.05) is 5.43 Å². The van der Waals surface area contributed by atoms with E-state index in [0.29, 0.717) is 0 Å². The number of aryl methyl sites for hydroxylation is 1. The van der Waals surface area contributed by atoms with Gasteiger partial charge in [-0.25, -0.2) is 9.97 Å². The van der Waals surface area contributed by atoms with Crippen LogP contribution >= 0.6 is 0 Å². The van der Waals surface area contributed by atoms with Crippen LogP contribution in [0.3, 0.4) is 0 Å². The van der Waals surface area contributed by atoms with Gasteiger partial charge in [0, 0.05) is 6.20 Å². The first-order valence-electron chi connectivity index (χ1n) is 4.98. The lowest BCUT2D eigenvalue weighted by molar-refractivity contribution is 1.04. The highest BCUT2D eigenvalue weighted by Crippen LogP contribution is 2.04. The van der Waals surface area contributed by atoms with E-state index in [0.717, 1.165) is 17.2 Å². The predicted octanol–water partition coefficient (Wildman–Crippen LogP) is 2.23. The van der Waals surface area contributed by atoms with Crippen LogP contribution in [-0.4, -0.2) is 16.2 Å². The van der Waals surface area contributed by atoms with Gasteiger partial charge < -0.3 is 0 Å². The second-order valence-electron chi connectivity index (χ2n) is 3.26. The molecule has 0 bridgehead atoms. The fraction of sp³-hybridized carbons (Fsp3) is 0.0833. The molecule has 2 rings (SSSR count). The molecule has 0 aliphatic carbocycles. The predicted molar refractivity (Wildman–Crippen MR) is 64.4 cm³/mol. The Hall–Kier alpha value is -2.23. The Labute approximate surface area is 94.1 Å². The molecule has 0 atom stereocenters. The van der Waals surface area contributed by atoms with E-state index in [1.54, 1.807) is 12.4 Å². The van der Waals surface area contributed by atoms with Crippen LogP contribution in [0.2, 0.25) is 0 Å². The molecule has 0 aliphatic rings.